The molecule has 1 saturated heterocycles. The van der Waals surface area contributed by atoms with Crippen molar-refractivity contribution >= 4 is 5.82 Å². The Kier molecular flexibility index (Phi) is 3.87. The Morgan fingerprint density at radius 1 is 1.31 bits per heavy atom. The monoisotopic (exact) mass is 367 g/mol. The van der Waals surface area contributed by atoms with Crippen LogP contribution in [-0.4, -0.2) is 34.0 Å². The number of piperidine rings is 1. The molecule has 1 aliphatic carbocycles. The number of alkyl halides is 3. The van der Waals surface area contributed by atoms with E-state index in [4.69, 9.17) is 5.73 Å². The maximum absolute atomic E-state index is 12.5. The van der Waals surface area contributed by atoms with Gasteiger partial charge in [0.2, 0.25) is 0 Å². The van der Waals surface area contributed by atoms with E-state index in [1.807, 2.05) is 6.20 Å². The number of nitrogens with two attached hydrogens (primary N) is 1. The normalized spacial score (nSPS) is 24.8. The molecule has 2 fully saturated rings. The quantitative estimate of drug-likeness (QED) is 0.869. The van der Waals surface area contributed by atoms with Crippen LogP contribution in [0.4, 0.5) is 19.0 Å². The van der Waals surface area contributed by atoms with Gasteiger partial charge in [-0.2, -0.15) is 0 Å². The third kappa shape index (κ3) is 3.00. The van der Waals surface area contributed by atoms with Gasteiger partial charge in [0, 0.05) is 43.0 Å². The number of nitrogens with one attached hydrogen (secondary N) is 1. The minimum atomic E-state index is -4.82. The van der Waals surface area contributed by atoms with Gasteiger partial charge in [0.05, 0.1) is 5.69 Å². The number of hydrogen-bond donors (Lipinski definition) is 2. The molecule has 2 aromatic rings. The summed E-state index contributed by atoms with van der Waals surface area (Å²) in [5.74, 6) is 1.51. The molecule has 0 unspecified atom stereocenters. The number of nitrogens with zero attached hydrogens (tertiary/aromatic N) is 3. The van der Waals surface area contributed by atoms with Crippen LogP contribution >= 0.6 is 0 Å². The number of rotatable bonds is 4. The zero-order chi connectivity index (χ0) is 18.6. The van der Waals surface area contributed by atoms with Crippen LogP contribution in [0, 0.1) is 11.8 Å². The van der Waals surface area contributed by atoms with E-state index in [0.29, 0.717) is 29.1 Å². The van der Waals surface area contributed by atoms with Crippen molar-refractivity contribution < 1.29 is 17.9 Å². The van der Waals surface area contributed by atoms with Crippen molar-refractivity contribution in [2.45, 2.75) is 32.2 Å². The maximum atomic E-state index is 12.5. The highest BCUT2D eigenvalue weighted by Gasteiger charge is 2.54. The van der Waals surface area contributed by atoms with E-state index in [9.17, 15) is 13.2 Å². The third-order valence-corrected chi connectivity index (χ3v) is 5.05. The highest BCUT2D eigenvalue weighted by molar-refractivity contribution is 5.64. The van der Waals surface area contributed by atoms with Gasteiger partial charge in [-0.15, -0.1) is 13.2 Å². The SMILES string of the molecule is CC(C)c1nc(-c2cnc(N)c(OC(F)(F)F)c2)cn1[C@H]1[C@@H]2CNC[C@@H]21. The van der Waals surface area contributed by atoms with Gasteiger partial charge >= 0.3 is 6.36 Å². The minimum absolute atomic E-state index is 0.200. The Labute approximate surface area is 148 Å². The molecule has 6 nitrogen and oxygen atoms in total. The highest BCUT2D eigenvalue weighted by atomic mass is 19.4. The highest BCUT2D eigenvalue weighted by Crippen LogP contribution is 2.53. The van der Waals surface area contributed by atoms with Gasteiger partial charge < -0.3 is 20.4 Å². The van der Waals surface area contributed by atoms with E-state index >= 15 is 0 Å². The Morgan fingerprint density at radius 2 is 2.00 bits per heavy atom. The molecule has 3 heterocycles. The summed E-state index contributed by atoms with van der Waals surface area (Å²) in [5.41, 5.74) is 6.53. The topological polar surface area (TPSA) is 78.0 Å². The summed E-state index contributed by atoms with van der Waals surface area (Å²) < 4.78 is 43.8. The molecule has 4 rings (SSSR count). The summed E-state index contributed by atoms with van der Waals surface area (Å²) >= 11 is 0. The molecule has 2 aromatic heterocycles. The Balaban J connectivity index is 1.69. The van der Waals surface area contributed by atoms with Gasteiger partial charge in [0.25, 0.3) is 0 Å². The molecule has 1 saturated carbocycles. The zero-order valence-electron chi connectivity index (χ0n) is 14.4. The fourth-order valence-electron chi connectivity index (χ4n) is 3.81. The van der Waals surface area contributed by atoms with E-state index in [1.165, 1.54) is 12.3 Å². The first-order chi connectivity index (χ1) is 12.2. The van der Waals surface area contributed by atoms with Crippen molar-refractivity contribution in [1.82, 2.24) is 19.9 Å². The van der Waals surface area contributed by atoms with E-state index in [2.05, 4.69) is 38.4 Å². The fraction of sp³-hybridized carbons (Fsp3) is 0.529. The second kappa shape index (κ2) is 5.87. The standard InChI is InChI=1S/C17H20F3N5O/c1-8(2)16-24-12(7-25(16)14-10-5-22-6-11(10)14)9-3-13(15(21)23-4-9)26-17(18,19)20/h3-4,7-8,10-11,14,22H,5-6H2,1-2H3,(H2,21,23)/t10-,11+,14+. The number of imidazole rings is 1. The van der Waals surface area contributed by atoms with Crippen molar-refractivity contribution in [3.63, 3.8) is 0 Å². The molecule has 3 N–H and O–H groups in total. The largest absolute Gasteiger partial charge is 0.573 e. The molecule has 2 aliphatic rings. The summed E-state index contributed by atoms with van der Waals surface area (Å²) in [5, 5.41) is 3.36. The predicted octanol–water partition coefficient (Wildman–Crippen LogP) is 2.94. The second-order valence-corrected chi connectivity index (χ2v) is 7.18. The van der Waals surface area contributed by atoms with Crippen LogP contribution in [0.5, 0.6) is 5.75 Å². The summed E-state index contributed by atoms with van der Waals surface area (Å²) in [4.78, 5) is 8.50. The first-order valence-corrected chi connectivity index (χ1v) is 8.55. The number of ether oxygens (including phenoxy) is 1. The van der Waals surface area contributed by atoms with Crippen LogP contribution in [0.1, 0.15) is 31.6 Å². The maximum Gasteiger partial charge on any atom is 0.573 e. The molecular formula is C17H20F3N5O. The Morgan fingerprint density at radius 3 is 2.62 bits per heavy atom. The summed E-state index contributed by atoms with van der Waals surface area (Å²) in [6.45, 7) is 6.09. The number of aromatic nitrogens is 3. The molecule has 26 heavy (non-hydrogen) atoms. The van der Waals surface area contributed by atoms with E-state index < -0.39 is 12.1 Å². The van der Waals surface area contributed by atoms with Crippen molar-refractivity contribution in [3.8, 4) is 17.0 Å². The van der Waals surface area contributed by atoms with Crippen LogP contribution in [0.3, 0.4) is 0 Å². The average molecular weight is 367 g/mol. The summed E-state index contributed by atoms with van der Waals surface area (Å²) in [6, 6.07) is 1.64. The molecular weight excluding hydrogens is 347 g/mol. The molecule has 0 aromatic carbocycles. The van der Waals surface area contributed by atoms with Gasteiger partial charge in [-0.25, -0.2) is 9.97 Å². The lowest BCUT2D eigenvalue weighted by molar-refractivity contribution is -0.274. The number of nitrogen functional groups attached to an aromatic ring is 1. The van der Waals surface area contributed by atoms with Crippen LogP contribution in [0.2, 0.25) is 0 Å². The van der Waals surface area contributed by atoms with E-state index in [0.717, 1.165) is 18.9 Å². The first kappa shape index (κ1) is 17.1. The van der Waals surface area contributed by atoms with E-state index in [-0.39, 0.29) is 11.7 Å². The molecule has 140 valence electrons. The molecule has 3 atom stereocenters. The number of fused-ring (bicyclic) bond motifs is 1. The van der Waals surface area contributed by atoms with Crippen molar-refractivity contribution in [2.24, 2.45) is 11.8 Å². The molecule has 0 amide bonds. The van der Waals surface area contributed by atoms with Crippen LogP contribution in [-0.2, 0) is 0 Å². The Bertz CT molecular complexity index is 822. The minimum Gasteiger partial charge on any atom is -0.402 e. The summed E-state index contributed by atoms with van der Waals surface area (Å²) in [7, 11) is 0. The van der Waals surface area contributed by atoms with Gasteiger partial charge in [0.15, 0.2) is 11.6 Å². The van der Waals surface area contributed by atoms with E-state index in [1.54, 1.807) is 0 Å². The summed E-state index contributed by atoms with van der Waals surface area (Å²) in [6.07, 6.45) is -1.50. The van der Waals surface area contributed by atoms with Crippen molar-refractivity contribution in [2.75, 3.05) is 18.8 Å². The predicted molar refractivity (Wildman–Crippen MR) is 89.5 cm³/mol. The van der Waals surface area contributed by atoms with Gasteiger partial charge in [-0.1, -0.05) is 13.8 Å². The van der Waals surface area contributed by atoms with Crippen molar-refractivity contribution in [3.05, 3.63) is 24.3 Å². The van der Waals surface area contributed by atoms with Crippen molar-refractivity contribution in [1.29, 1.82) is 0 Å². The lowest BCUT2D eigenvalue weighted by Crippen LogP contribution is -2.18. The number of hydrogen-bond acceptors (Lipinski definition) is 5. The molecule has 0 bridgehead atoms. The second-order valence-electron chi connectivity index (χ2n) is 7.18. The zero-order valence-corrected chi connectivity index (χ0v) is 14.4. The fourth-order valence-corrected chi connectivity index (χ4v) is 3.81. The number of halogens is 3. The molecule has 0 radical (unpaired) electrons. The Hall–Kier alpha value is -2.29. The molecule has 0 spiro atoms. The van der Waals surface area contributed by atoms with Gasteiger partial charge in [0.1, 0.15) is 5.82 Å². The molecule has 9 heteroatoms. The van der Waals surface area contributed by atoms with Gasteiger partial charge in [-0.05, 0) is 17.9 Å². The van der Waals surface area contributed by atoms with Crippen LogP contribution in [0.25, 0.3) is 11.3 Å². The van der Waals surface area contributed by atoms with Gasteiger partial charge in [-0.3, -0.25) is 0 Å². The molecule has 1 aliphatic heterocycles. The average Bonchev–Trinajstić information content (AvgIpc) is 2.92. The number of pyridine rings is 1. The first-order valence-electron chi connectivity index (χ1n) is 8.55. The third-order valence-electron chi connectivity index (χ3n) is 5.05. The lowest BCUT2D eigenvalue weighted by atomic mass is 10.2. The lowest BCUT2D eigenvalue weighted by Gasteiger charge is -2.12. The number of anilines is 1. The van der Waals surface area contributed by atoms with Crippen LogP contribution in [0.15, 0.2) is 18.5 Å². The van der Waals surface area contributed by atoms with Crippen LogP contribution < -0.4 is 15.8 Å². The smallest absolute Gasteiger partial charge is 0.402 e.